The molecule has 0 aliphatic carbocycles. The van der Waals surface area contributed by atoms with Crippen LogP contribution in [0.25, 0.3) is 0 Å². The molecular weight excluding hydrogens is 276 g/mol. The summed E-state index contributed by atoms with van der Waals surface area (Å²) in [6.07, 6.45) is 6.41. The Balaban J connectivity index is 1.91. The van der Waals surface area contributed by atoms with Crippen LogP contribution in [0.3, 0.4) is 0 Å². The van der Waals surface area contributed by atoms with Gasteiger partial charge in [-0.2, -0.15) is 0 Å². The first-order valence-electron chi connectivity index (χ1n) is 6.43. The quantitative estimate of drug-likeness (QED) is 0.886. The van der Waals surface area contributed by atoms with Gasteiger partial charge in [0.15, 0.2) is 0 Å². The van der Waals surface area contributed by atoms with Crippen LogP contribution in [-0.4, -0.2) is 21.5 Å². The van der Waals surface area contributed by atoms with E-state index in [1.165, 1.54) is 0 Å². The summed E-state index contributed by atoms with van der Waals surface area (Å²) in [6, 6.07) is 1.67. The Morgan fingerprint density at radius 2 is 2.05 bits per heavy atom. The molecule has 20 heavy (non-hydrogen) atoms. The van der Waals surface area contributed by atoms with Crippen LogP contribution < -0.4 is 10.1 Å². The number of ether oxygens (including phenoxy) is 1. The second kappa shape index (κ2) is 7.17. The normalized spacial score (nSPS) is 10.8. The number of nitrogens with one attached hydrogen (secondary N) is 1. The molecule has 2 aromatic rings. The number of hydrogen-bond acceptors (Lipinski definition) is 5. The van der Waals surface area contributed by atoms with Gasteiger partial charge in [0, 0.05) is 18.8 Å². The first-order chi connectivity index (χ1) is 9.63. The van der Waals surface area contributed by atoms with Crippen LogP contribution in [0.4, 0.5) is 0 Å². The Morgan fingerprint density at radius 3 is 2.70 bits per heavy atom. The third-order valence-electron chi connectivity index (χ3n) is 2.44. The molecule has 0 spiro atoms. The first kappa shape index (κ1) is 14.7. The summed E-state index contributed by atoms with van der Waals surface area (Å²) in [6.45, 7) is 5.97. The van der Waals surface area contributed by atoms with E-state index in [4.69, 9.17) is 16.3 Å². The van der Waals surface area contributed by atoms with Gasteiger partial charge in [0.2, 0.25) is 5.88 Å². The van der Waals surface area contributed by atoms with Crippen molar-refractivity contribution >= 4 is 11.6 Å². The Morgan fingerprint density at radius 1 is 1.20 bits per heavy atom. The lowest BCUT2D eigenvalue weighted by Crippen LogP contribution is -2.19. The molecule has 6 heteroatoms. The van der Waals surface area contributed by atoms with Gasteiger partial charge in [0.1, 0.15) is 5.75 Å². The summed E-state index contributed by atoms with van der Waals surface area (Å²) in [4.78, 5) is 12.4. The van der Waals surface area contributed by atoms with Crippen molar-refractivity contribution in [1.82, 2.24) is 20.3 Å². The maximum atomic E-state index is 5.83. The molecule has 2 heterocycles. The SMILES string of the molecule is CC(C)CNCc1cnc(Oc2cncc(Cl)c2)cn1. The monoisotopic (exact) mass is 292 g/mol. The summed E-state index contributed by atoms with van der Waals surface area (Å²) < 4.78 is 5.52. The number of hydrogen-bond donors (Lipinski definition) is 1. The van der Waals surface area contributed by atoms with Gasteiger partial charge in [0.05, 0.1) is 29.3 Å². The zero-order valence-electron chi connectivity index (χ0n) is 11.5. The summed E-state index contributed by atoms with van der Waals surface area (Å²) in [5.74, 6) is 1.57. The Bertz CT molecular complexity index is 545. The zero-order chi connectivity index (χ0) is 14.4. The highest BCUT2D eigenvalue weighted by Gasteiger charge is 2.02. The number of pyridine rings is 1. The minimum Gasteiger partial charge on any atom is -0.436 e. The van der Waals surface area contributed by atoms with E-state index in [-0.39, 0.29) is 0 Å². The second-order valence-electron chi connectivity index (χ2n) is 4.81. The van der Waals surface area contributed by atoms with Crippen LogP contribution >= 0.6 is 11.6 Å². The molecule has 5 nitrogen and oxygen atoms in total. The van der Waals surface area contributed by atoms with Crippen LogP contribution in [0.15, 0.2) is 30.9 Å². The van der Waals surface area contributed by atoms with E-state index in [9.17, 15) is 0 Å². The van der Waals surface area contributed by atoms with Crippen LogP contribution in [-0.2, 0) is 6.54 Å². The maximum absolute atomic E-state index is 5.83. The van der Waals surface area contributed by atoms with Gasteiger partial charge in [-0.3, -0.25) is 9.97 Å². The van der Waals surface area contributed by atoms with Crippen molar-refractivity contribution in [2.45, 2.75) is 20.4 Å². The van der Waals surface area contributed by atoms with Crippen molar-refractivity contribution in [3.05, 3.63) is 41.6 Å². The second-order valence-corrected chi connectivity index (χ2v) is 5.25. The Hall–Kier alpha value is -1.72. The fourth-order valence-electron chi connectivity index (χ4n) is 1.54. The summed E-state index contributed by atoms with van der Waals surface area (Å²) in [5, 5.41) is 3.83. The van der Waals surface area contributed by atoms with Gasteiger partial charge < -0.3 is 10.1 Å². The lowest BCUT2D eigenvalue weighted by molar-refractivity contribution is 0.456. The van der Waals surface area contributed by atoms with Gasteiger partial charge in [-0.05, 0) is 12.5 Å². The molecule has 0 amide bonds. The first-order valence-corrected chi connectivity index (χ1v) is 6.81. The van der Waals surface area contributed by atoms with Crippen molar-refractivity contribution in [2.24, 2.45) is 5.92 Å². The molecule has 0 fully saturated rings. The van der Waals surface area contributed by atoms with Crippen LogP contribution in [0, 0.1) is 5.92 Å². The molecule has 1 N–H and O–H groups in total. The lowest BCUT2D eigenvalue weighted by Gasteiger charge is -2.07. The smallest absolute Gasteiger partial charge is 0.237 e. The molecule has 0 atom stereocenters. The van der Waals surface area contributed by atoms with Crippen molar-refractivity contribution in [2.75, 3.05) is 6.54 Å². The van der Waals surface area contributed by atoms with E-state index in [0.29, 0.717) is 29.1 Å². The van der Waals surface area contributed by atoms with E-state index < -0.39 is 0 Å². The molecule has 0 aliphatic rings. The number of halogens is 1. The van der Waals surface area contributed by atoms with Crippen molar-refractivity contribution < 1.29 is 4.74 Å². The minimum atomic E-state index is 0.418. The van der Waals surface area contributed by atoms with Gasteiger partial charge in [-0.15, -0.1) is 0 Å². The predicted octanol–water partition coefficient (Wildman–Crippen LogP) is 3.06. The topological polar surface area (TPSA) is 59.9 Å². The van der Waals surface area contributed by atoms with Crippen molar-refractivity contribution in [3.8, 4) is 11.6 Å². The molecule has 0 saturated heterocycles. The van der Waals surface area contributed by atoms with E-state index in [1.54, 1.807) is 30.9 Å². The van der Waals surface area contributed by atoms with Gasteiger partial charge >= 0.3 is 0 Å². The van der Waals surface area contributed by atoms with Crippen molar-refractivity contribution in [1.29, 1.82) is 0 Å². The average Bonchev–Trinajstić information content (AvgIpc) is 2.40. The summed E-state index contributed by atoms with van der Waals surface area (Å²) >= 11 is 5.83. The molecule has 106 valence electrons. The van der Waals surface area contributed by atoms with E-state index in [1.807, 2.05) is 0 Å². The molecule has 0 bridgehead atoms. The lowest BCUT2D eigenvalue weighted by atomic mass is 10.2. The summed E-state index contributed by atoms with van der Waals surface area (Å²) in [5.41, 5.74) is 0.877. The third-order valence-corrected chi connectivity index (χ3v) is 2.65. The highest BCUT2D eigenvalue weighted by atomic mass is 35.5. The van der Waals surface area contributed by atoms with Gasteiger partial charge in [0.25, 0.3) is 0 Å². The third kappa shape index (κ3) is 4.75. The minimum absolute atomic E-state index is 0.418. The Kier molecular flexibility index (Phi) is 5.26. The fourth-order valence-corrected chi connectivity index (χ4v) is 1.71. The van der Waals surface area contributed by atoms with Crippen LogP contribution in [0.5, 0.6) is 11.6 Å². The molecular formula is C14H17ClN4O. The molecule has 0 aliphatic heterocycles. The molecule has 0 saturated carbocycles. The molecule has 0 unspecified atom stereocenters. The van der Waals surface area contributed by atoms with E-state index in [0.717, 1.165) is 12.2 Å². The standard InChI is InChI=1S/C14H17ClN4O/c1-10(2)4-16-6-12-7-19-14(9-18-12)20-13-3-11(15)5-17-8-13/h3,5,7-10,16H,4,6H2,1-2H3. The number of rotatable bonds is 6. The predicted molar refractivity (Wildman–Crippen MR) is 77.9 cm³/mol. The largest absolute Gasteiger partial charge is 0.436 e. The Labute approximate surface area is 123 Å². The molecule has 0 radical (unpaired) electrons. The molecule has 0 aromatic carbocycles. The zero-order valence-corrected chi connectivity index (χ0v) is 12.3. The van der Waals surface area contributed by atoms with Crippen LogP contribution in [0.2, 0.25) is 5.02 Å². The van der Waals surface area contributed by atoms with Gasteiger partial charge in [-0.1, -0.05) is 25.4 Å². The average molecular weight is 293 g/mol. The molecule has 2 rings (SSSR count). The highest BCUT2D eigenvalue weighted by Crippen LogP contribution is 2.20. The maximum Gasteiger partial charge on any atom is 0.237 e. The number of aromatic nitrogens is 3. The van der Waals surface area contributed by atoms with Gasteiger partial charge in [-0.25, -0.2) is 4.98 Å². The van der Waals surface area contributed by atoms with Crippen LogP contribution in [0.1, 0.15) is 19.5 Å². The van der Waals surface area contributed by atoms with E-state index in [2.05, 4.69) is 34.1 Å². The fraction of sp³-hybridized carbons (Fsp3) is 0.357. The number of nitrogens with zero attached hydrogens (tertiary/aromatic N) is 3. The van der Waals surface area contributed by atoms with Crippen molar-refractivity contribution in [3.63, 3.8) is 0 Å². The molecule has 2 aromatic heterocycles. The highest BCUT2D eigenvalue weighted by molar-refractivity contribution is 6.30. The summed E-state index contributed by atoms with van der Waals surface area (Å²) in [7, 11) is 0. The van der Waals surface area contributed by atoms with E-state index >= 15 is 0 Å².